The zero-order chi connectivity index (χ0) is 19.7. The van der Waals surface area contributed by atoms with Gasteiger partial charge in [-0.3, -0.25) is 0 Å². The summed E-state index contributed by atoms with van der Waals surface area (Å²) < 4.78 is 9.55. The van der Waals surface area contributed by atoms with Gasteiger partial charge in [-0.2, -0.15) is 0 Å². The van der Waals surface area contributed by atoms with Gasteiger partial charge in [0, 0.05) is 32.7 Å². The van der Waals surface area contributed by atoms with Crippen LogP contribution in [0, 0.1) is 0 Å². The smallest absolute Gasteiger partial charge is 0.140 e. The van der Waals surface area contributed by atoms with Gasteiger partial charge < -0.3 is 9.30 Å². The molecule has 1 aromatic heterocycles. The molecule has 1 heterocycles. The fourth-order valence-corrected chi connectivity index (χ4v) is 3.77. The predicted molar refractivity (Wildman–Crippen MR) is 121 cm³/mol. The Morgan fingerprint density at radius 2 is 1.21 bits per heavy atom. The summed E-state index contributed by atoms with van der Waals surface area (Å²) >= 11 is 7.04. The number of halogens is 2. The van der Waals surface area contributed by atoms with E-state index in [9.17, 15) is 0 Å². The van der Waals surface area contributed by atoms with Gasteiger partial charge in [0.1, 0.15) is 11.6 Å². The van der Waals surface area contributed by atoms with Gasteiger partial charge in [-0.1, -0.05) is 56.1 Å². The van der Waals surface area contributed by atoms with Crippen molar-refractivity contribution in [3.63, 3.8) is 0 Å². The normalized spacial score (nSPS) is 10.9. The number of nitrogens with zero attached hydrogens (tertiary/aromatic N) is 2. The first-order chi connectivity index (χ1) is 13.6. The summed E-state index contributed by atoms with van der Waals surface area (Å²) in [5.41, 5.74) is 5.29. The van der Waals surface area contributed by atoms with Crippen LogP contribution in [0.1, 0.15) is 0 Å². The van der Waals surface area contributed by atoms with Crippen molar-refractivity contribution in [1.29, 1.82) is 0 Å². The molecule has 0 aliphatic carbocycles. The lowest BCUT2D eigenvalue weighted by Crippen LogP contribution is -1.96. The van der Waals surface area contributed by atoms with Crippen LogP contribution in [0.5, 0.6) is 5.75 Å². The van der Waals surface area contributed by atoms with Crippen LogP contribution in [0.25, 0.3) is 33.9 Å². The summed E-state index contributed by atoms with van der Waals surface area (Å²) in [5.74, 6) is 1.75. The van der Waals surface area contributed by atoms with E-state index in [1.54, 1.807) is 7.11 Å². The van der Waals surface area contributed by atoms with Crippen molar-refractivity contribution in [3.8, 4) is 39.7 Å². The van der Waals surface area contributed by atoms with Crippen LogP contribution >= 0.6 is 31.9 Å². The number of aromatic nitrogens is 2. The highest BCUT2D eigenvalue weighted by Gasteiger charge is 2.19. The fourth-order valence-electron chi connectivity index (χ4n) is 3.24. The van der Waals surface area contributed by atoms with Crippen molar-refractivity contribution in [2.24, 2.45) is 7.05 Å². The number of imidazole rings is 1. The molecule has 0 radical (unpaired) electrons. The molecule has 0 saturated heterocycles. The number of hydrogen-bond acceptors (Lipinski definition) is 2. The van der Waals surface area contributed by atoms with Gasteiger partial charge in [0.05, 0.1) is 18.5 Å². The van der Waals surface area contributed by atoms with E-state index in [4.69, 9.17) is 9.72 Å². The van der Waals surface area contributed by atoms with Gasteiger partial charge in [0.2, 0.25) is 0 Å². The molecule has 0 N–H and O–H groups in total. The average molecular weight is 498 g/mol. The number of methoxy groups -OCH3 is 1. The molecule has 0 fully saturated rings. The molecule has 0 unspecified atom stereocenters. The van der Waals surface area contributed by atoms with E-state index >= 15 is 0 Å². The molecule has 0 spiro atoms. The van der Waals surface area contributed by atoms with Gasteiger partial charge in [-0.15, -0.1) is 0 Å². The van der Waals surface area contributed by atoms with Crippen molar-refractivity contribution in [2.75, 3.05) is 7.11 Å². The molecule has 5 heteroatoms. The van der Waals surface area contributed by atoms with Crippen LogP contribution in [-0.2, 0) is 7.05 Å². The van der Waals surface area contributed by atoms with E-state index in [0.717, 1.165) is 48.6 Å². The minimum Gasteiger partial charge on any atom is -0.497 e. The van der Waals surface area contributed by atoms with Crippen LogP contribution in [0.15, 0.2) is 81.7 Å². The highest BCUT2D eigenvalue weighted by Crippen LogP contribution is 2.36. The lowest BCUT2D eigenvalue weighted by atomic mass is 10.0. The first-order valence-electron chi connectivity index (χ1n) is 8.80. The first kappa shape index (κ1) is 19.0. The van der Waals surface area contributed by atoms with Crippen LogP contribution in [0.4, 0.5) is 0 Å². The molecule has 140 valence electrons. The Bertz CT molecular complexity index is 1100. The van der Waals surface area contributed by atoms with Gasteiger partial charge in [-0.25, -0.2) is 4.98 Å². The second-order valence-corrected chi connectivity index (χ2v) is 8.27. The molecule has 28 heavy (non-hydrogen) atoms. The Morgan fingerprint density at radius 3 is 1.75 bits per heavy atom. The molecule has 3 nitrogen and oxygen atoms in total. The van der Waals surface area contributed by atoms with Crippen LogP contribution in [0.2, 0.25) is 0 Å². The highest BCUT2D eigenvalue weighted by molar-refractivity contribution is 9.10. The summed E-state index contributed by atoms with van der Waals surface area (Å²) in [6.07, 6.45) is 0. The van der Waals surface area contributed by atoms with Crippen molar-refractivity contribution in [3.05, 3.63) is 81.7 Å². The van der Waals surface area contributed by atoms with Gasteiger partial charge in [0.15, 0.2) is 0 Å². The third-order valence-corrected chi connectivity index (χ3v) is 5.74. The van der Waals surface area contributed by atoms with Crippen molar-refractivity contribution < 1.29 is 4.74 Å². The van der Waals surface area contributed by atoms with Crippen molar-refractivity contribution in [1.82, 2.24) is 9.55 Å². The number of rotatable bonds is 4. The Labute approximate surface area is 181 Å². The van der Waals surface area contributed by atoms with E-state index in [1.807, 2.05) is 36.4 Å². The summed E-state index contributed by atoms with van der Waals surface area (Å²) in [7, 11) is 3.74. The average Bonchev–Trinajstić information content (AvgIpc) is 3.06. The lowest BCUT2D eigenvalue weighted by Gasteiger charge is -2.09. The summed E-state index contributed by atoms with van der Waals surface area (Å²) in [6.45, 7) is 0. The molecule has 4 rings (SSSR count). The number of ether oxygens (including phenoxy) is 1. The summed E-state index contributed by atoms with van der Waals surface area (Å²) in [4.78, 5) is 5.03. The highest BCUT2D eigenvalue weighted by atomic mass is 79.9. The summed E-state index contributed by atoms with van der Waals surface area (Å²) in [6, 6.07) is 24.6. The van der Waals surface area contributed by atoms with Crippen LogP contribution in [0.3, 0.4) is 0 Å². The molecule has 0 aliphatic heterocycles. The predicted octanol–water partition coefficient (Wildman–Crippen LogP) is 6.95. The lowest BCUT2D eigenvalue weighted by molar-refractivity contribution is 0.415. The number of benzene rings is 3. The van der Waals surface area contributed by atoms with E-state index in [1.165, 1.54) is 0 Å². The molecule has 3 aromatic carbocycles. The second-order valence-electron chi connectivity index (χ2n) is 6.43. The molecular formula is C23H18Br2N2O. The van der Waals surface area contributed by atoms with Gasteiger partial charge >= 0.3 is 0 Å². The minimum absolute atomic E-state index is 0.833. The van der Waals surface area contributed by atoms with Crippen LogP contribution in [-0.4, -0.2) is 16.7 Å². The third-order valence-electron chi connectivity index (χ3n) is 4.68. The SMILES string of the molecule is COc1ccc(-c2nc(-c3ccc(Br)cc3)c(-c3ccc(Br)cc3)n2C)cc1. The van der Waals surface area contributed by atoms with Gasteiger partial charge in [-0.05, 0) is 48.5 Å². The number of hydrogen-bond donors (Lipinski definition) is 0. The molecule has 0 aliphatic rings. The zero-order valence-corrected chi connectivity index (χ0v) is 18.7. The first-order valence-corrected chi connectivity index (χ1v) is 10.4. The Balaban J connectivity index is 1.92. The molecule has 0 saturated carbocycles. The Morgan fingerprint density at radius 1 is 0.714 bits per heavy atom. The Hall–Kier alpha value is -2.37. The van der Waals surface area contributed by atoms with Crippen molar-refractivity contribution >= 4 is 31.9 Å². The molecule has 0 bridgehead atoms. The van der Waals surface area contributed by atoms with E-state index in [2.05, 4.69) is 79.9 Å². The van der Waals surface area contributed by atoms with Crippen molar-refractivity contribution in [2.45, 2.75) is 0 Å². The largest absolute Gasteiger partial charge is 0.497 e. The van der Waals surface area contributed by atoms with E-state index in [-0.39, 0.29) is 0 Å². The summed E-state index contributed by atoms with van der Waals surface area (Å²) in [5, 5.41) is 0. The van der Waals surface area contributed by atoms with E-state index in [0.29, 0.717) is 0 Å². The molecule has 4 aromatic rings. The standard InChI is InChI=1S/C23H18Br2N2O/c1-27-22(16-5-11-19(25)12-6-16)21(15-3-9-18(24)10-4-15)26-23(27)17-7-13-20(28-2)14-8-17/h3-14H,1-2H3. The maximum atomic E-state index is 5.29. The third kappa shape index (κ3) is 3.64. The molecule has 0 atom stereocenters. The van der Waals surface area contributed by atoms with Gasteiger partial charge in [0.25, 0.3) is 0 Å². The monoisotopic (exact) mass is 496 g/mol. The maximum absolute atomic E-state index is 5.29. The fraction of sp³-hybridized carbons (Fsp3) is 0.0870. The topological polar surface area (TPSA) is 27.1 Å². The van der Waals surface area contributed by atoms with E-state index < -0.39 is 0 Å². The molecular weight excluding hydrogens is 480 g/mol. The van der Waals surface area contributed by atoms with Crippen LogP contribution < -0.4 is 4.74 Å². The molecule has 0 amide bonds. The second kappa shape index (κ2) is 7.94. The minimum atomic E-state index is 0.833. The Kier molecular flexibility index (Phi) is 5.38. The maximum Gasteiger partial charge on any atom is 0.140 e. The zero-order valence-electron chi connectivity index (χ0n) is 15.5. The quantitative estimate of drug-likeness (QED) is 0.305.